The molecule has 7 heteroatoms. The Balaban J connectivity index is 1.82. The maximum atomic E-state index is 11.8. The van der Waals surface area contributed by atoms with Crippen molar-refractivity contribution in [3.8, 4) is 5.75 Å². The SMILES string of the molecule is O=C(Nc1ccc(OCOCCS)cc1Cl)OCc1ccccc1. The van der Waals surface area contributed by atoms with Gasteiger partial charge in [0.1, 0.15) is 12.4 Å². The summed E-state index contributed by atoms with van der Waals surface area (Å²) in [6, 6.07) is 14.3. The lowest BCUT2D eigenvalue weighted by atomic mass is 10.2. The lowest BCUT2D eigenvalue weighted by Crippen LogP contribution is -2.13. The Bertz CT molecular complexity index is 654. The highest BCUT2D eigenvalue weighted by atomic mass is 35.5. The molecule has 0 aliphatic carbocycles. The minimum absolute atomic E-state index is 0.114. The molecule has 5 nitrogen and oxygen atoms in total. The summed E-state index contributed by atoms with van der Waals surface area (Å²) in [7, 11) is 0. The molecule has 0 saturated carbocycles. The van der Waals surface area contributed by atoms with Crippen molar-refractivity contribution in [1.82, 2.24) is 0 Å². The molecule has 128 valence electrons. The zero-order valence-electron chi connectivity index (χ0n) is 12.9. The number of anilines is 1. The van der Waals surface area contributed by atoms with Gasteiger partial charge >= 0.3 is 6.09 Å². The van der Waals surface area contributed by atoms with Gasteiger partial charge in [0.05, 0.1) is 17.3 Å². The van der Waals surface area contributed by atoms with Crippen molar-refractivity contribution in [2.45, 2.75) is 6.61 Å². The van der Waals surface area contributed by atoms with Gasteiger partial charge in [-0.15, -0.1) is 0 Å². The van der Waals surface area contributed by atoms with Crippen LogP contribution in [0.15, 0.2) is 48.5 Å². The summed E-state index contributed by atoms with van der Waals surface area (Å²) in [5, 5.41) is 2.94. The molecule has 2 rings (SSSR count). The smallest absolute Gasteiger partial charge is 0.412 e. The van der Waals surface area contributed by atoms with E-state index in [0.717, 1.165) is 5.56 Å². The van der Waals surface area contributed by atoms with Crippen molar-refractivity contribution in [2.24, 2.45) is 0 Å². The Hall–Kier alpha value is -1.89. The molecule has 0 fully saturated rings. The summed E-state index contributed by atoms with van der Waals surface area (Å²) in [6.07, 6.45) is -0.577. The number of carbonyl (C=O) groups is 1. The number of ether oxygens (including phenoxy) is 3. The van der Waals surface area contributed by atoms with E-state index in [1.807, 2.05) is 30.3 Å². The van der Waals surface area contributed by atoms with Crippen molar-refractivity contribution in [2.75, 3.05) is 24.5 Å². The maximum absolute atomic E-state index is 11.8. The van der Waals surface area contributed by atoms with Gasteiger partial charge in [0.15, 0.2) is 6.79 Å². The Morgan fingerprint density at radius 3 is 2.67 bits per heavy atom. The summed E-state index contributed by atoms with van der Waals surface area (Å²) < 4.78 is 15.7. The van der Waals surface area contributed by atoms with Gasteiger partial charge in [0.25, 0.3) is 0 Å². The molecule has 0 aliphatic rings. The van der Waals surface area contributed by atoms with Crippen molar-refractivity contribution in [3.05, 3.63) is 59.1 Å². The second kappa shape index (κ2) is 10.1. The lowest BCUT2D eigenvalue weighted by Gasteiger charge is -2.11. The van der Waals surface area contributed by atoms with Crippen LogP contribution >= 0.6 is 24.2 Å². The number of hydrogen-bond donors (Lipinski definition) is 2. The second-order valence-corrected chi connectivity index (χ2v) is 5.58. The molecular weight excluding hydrogens is 350 g/mol. The zero-order chi connectivity index (χ0) is 17.2. The third-order valence-corrected chi connectivity index (χ3v) is 3.43. The molecule has 0 aliphatic heterocycles. The number of nitrogens with one attached hydrogen (secondary N) is 1. The van der Waals surface area contributed by atoms with Crippen LogP contribution in [0.3, 0.4) is 0 Å². The van der Waals surface area contributed by atoms with Gasteiger partial charge in [0.2, 0.25) is 0 Å². The number of hydrogen-bond acceptors (Lipinski definition) is 5. The van der Waals surface area contributed by atoms with Crippen LogP contribution in [0.4, 0.5) is 10.5 Å². The van der Waals surface area contributed by atoms with E-state index < -0.39 is 6.09 Å². The highest BCUT2D eigenvalue weighted by Crippen LogP contribution is 2.27. The van der Waals surface area contributed by atoms with E-state index in [0.29, 0.717) is 28.8 Å². The fraction of sp³-hybridized carbons (Fsp3) is 0.235. The van der Waals surface area contributed by atoms with E-state index >= 15 is 0 Å². The van der Waals surface area contributed by atoms with Gasteiger partial charge in [0, 0.05) is 11.8 Å². The molecule has 0 atom stereocenters. The molecule has 1 N–H and O–H groups in total. The molecule has 0 saturated heterocycles. The summed E-state index contributed by atoms with van der Waals surface area (Å²) in [5.41, 5.74) is 1.35. The predicted octanol–water partition coefficient (Wildman–Crippen LogP) is 4.37. The van der Waals surface area contributed by atoms with Crippen molar-refractivity contribution >= 4 is 36.0 Å². The highest BCUT2D eigenvalue weighted by molar-refractivity contribution is 7.80. The van der Waals surface area contributed by atoms with E-state index in [1.165, 1.54) is 0 Å². The minimum atomic E-state index is -0.577. The minimum Gasteiger partial charge on any atom is -0.468 e. The number of amides is 1. The van der Waals surface area contributed by atoms with E-state index in [-0.39, 0.29) is 13.4 Å². The third kappa shape index (κ3) is 6.31. The summed E-state index contributed by atoms with van der Waals surface area (Å²) in [4.78, 5) is 11.8. The zero-order valence-corrected chi connectivity index (χ0v) is 14.6. The molecule has 0 unspecified atom stereocenters. The molecule has 0 spiro atoms. The van der Waals surface area contributed by atoms with E-state index in [4.69, 9.17) is 25.8 Å². The van der Waals surface area contributed by atoms with Crippen LogP contribution in [-0.2, 0) is 16.1 Å². The van der Waals surface area contributed by atoms with Gasteiger partial charge in [-0.2, -0.15) is 12.6 Å². The van der Waals surface area contributed by atoms with Gasteiger partial charge < -0.3 is 14.2 Å². The van der Waals surface area contributed by atoms with Gasteiger partial charge in [-0.3, -0.25) is 5.32 Å². The predicted molar refractivity (Wildman–Crippen MR) is 97.0 cm³/mol. The van der Waals surface area contributed by atoms with E-state index in [2.05, 4.69) is 17.9 Å². The normalized spacial score (nSPS) is 10.2. The van der Waals surface area contributed by atoms with Crippen LogP contribution in [-0.4, -0.2) is 25.2 Å². The number of rotatable bonds is 8. The first kappa shape index (κ1) is 18.4. The van der Waals surface area contributed by atoms with E-state index in [1.54, 1.807) is 18.2 Å². The third-order valence-electron chi connectivity index (χ3n) is 2.93. The highest BCUT2D eigenvalue weighted by Gasteiger charge is 2.08. The monoisotopic (exact) mass is 367 g/mol. The van der Waals surface area contributed by atoms with Crippen molar-refractivity contribution in [3.63, 3.8) is 0 Å². The first-order chi connectivity index (χ1) is 11.7. The van der Waals surface area contributed by atoms with Crippen LogP contribution in [0, 0.1) is 0 Å². The maximum Gasteiger partial charge on any atom is 0.412 e. The molecule has 1 amide bonds. The van der Waals surface area contributed by atoms with Crippen molar-refractivity contribution < 1.29 is 19.0 Å². The van der Waals surface area contributed by atoms with Crippen LogP contribution in [0.1, 0.15) is 5.56 Å². The molecule has 0 radical (unpaired) electrons. The molecule has 0 bridgehead atoms. The van der Waals surface area contributed by atoms with Gasteiger partial charge in [-0.25, -0.2) is 4.79 Å². The average molecular weight is 368 g/mol. The van der Waals surface area contributed by atoms with E-state index in [9.17, 15) is 4.79 Å². The molecule has 0 heterocycles. The number of benzene rings is 2. The second-order valence-electron chi connectivity index (χ2n) is 4.72. The van der Waals surface area contributed by atoms with Crippen LogP contribution in [0.5, 0.6) is 5.75 Å². The fourth-order valence-electron chi connectivity index (χ4n) is 1.79. The van der Waals surface area contributed by atoms with Crippen LogP contribution < -0.4 is 10.1 Å². The van der Waals surface area contributed by atoms with Crippen molar-refractivity contribution in [1.29, 1.82) is 0 Å². The molecule has 24 heavy (non-hydrogen) atoms. The Labute approximate surface area is 151 Å². The quantitative estimate of drug-likeness (QED) is 0.413. The molecule has 2 aromatic carbocycles. The first-order valence-electron chi connectivity index (χ1n) is 7.27. The fourth-order valence-corrected chi connectivity index (χ4v) is 2.14. The Morgan fingerprint density at radius 1 is 1.17 bits per heavy atom. The standard InChI is InChI=1S/C17H18ClNO4S/c18-15-10-14(23-12-21-8-9-24)6-7-16(15)19-17(20)22-11-13-4-2-1-3-5-13/h1-7,10,24H,8-9,11-12H2,(H,19,20). The van der Waals surface area contributed by atoms with Crippen LogP contribution in [0.2, 0.25) is 5.02 Å². The number of carbonyl (C=O) groups excluding carboxylic acids is 1. The summed E-state index contributed by atoms with van der Waals surface area (Å²) >= 11 is 10.2. The first-order valence-corrected chi connectivity index (χ1v) is 8.28. The average Bonchev–Trinajstić information content (AvgIpc) is 2.60. The number of halogens is 1. The Kier molecular flexibility index (Phi) is 7.74. The molecule has 0 aromatic heterocycles. The largest absolute Gasteiger partial charge is 0.468 e. The summed E-state index contributed by atoms with van der Waals surface area (Å²) in [6.45, 7) is 0.806. The number of thiol groups is 1. The topological polar surface area (TPSA) is 56.8 Å². The molecule has 2 aromatic rings. The van der Waals surface area contributed by atoms with Gasteiger partial charge in [-0.05, 0) is 17.7 Å². The van der Waals surface area contributed by atoms with Crippen LogP contribution in [0.25, 0.3) is 0 Å². The Morgan fingerprint density at radius 2 is 1.96 bits per heavy atom. The summed E-state index contributed by atoms with van der Waals surface area (Å²) in [5.74, 6) is 1.17. The van der Waals surface area contributed by atoms with Gasteiger partial charge in [-0.1, -0.05) is 41.9 Å². The molecular formula is C17H18ClNO4S. The lowest BCUT2D eigenvalue weighted by molar-refractivity contribution is 0.0239.